The van der Waals surface area contributed by atoms with Gasteiger partial charge in [0.25, 0.3) is 17.5 Å². The van der Waals surface area contributed by atoms with Gasteiger partial charge in [0.05, 0.1) is 4.92 Å². The molecule has 0 spiro atoms. The van der Waals surface area contributed by atoms with Crippen molar-refractivity contribution in [3.05, 3.63) is 69.8 Å². The number of hydrazine groups is 1. The van der Waals surface area contributed by atoms with Gasteiger partial charge in [-0.15, -0.1) is 11.6 Å². The summed E-state index contributed by atoms with van der Waals surface area (Å²) in [6.45, 7) is 1.37. The van der Waals surface area contributed by atoms with E-state index in [-0.39, 0.29) is 17.2 Å². The molecule has 3 rings (SSSR count). The number of alkyl halides is 1. The van der Waals surface area contributed by atoms with Gasteiger partial charge in [-0.05, 0) is 42.0 Å². The molecule has 2 N–H and O–H groups in total. The smallest absolute Gasteiger partial charge is 0.269 e. The average molecular weight is 403 g/mol. The molecule has 1 aliphatic rings. The maximum atomic E-state index is 12.4. The number of nitro groups is 1. The number of amides is 3. The fourth-order valence-electron chi connectivity index (χ4n) is 2.77. The zero-order valence-electron chi connectivity index (χ0n) is 14.6. The van der Waals surface area contributed by atoms with Gasteiger partial charge in [-0.2, -0.15) is 0 Å². The minimum absolute atomic E-state index is 0.0876. The van der Waals surface area contributed by atoms with Gasteiger partial charge in [-0.25, -0.2) is 5.01 Å². The Bertz CT molecular complexity index is 945. The Labute approximate surface area is 164 Å². The fourth-order valence-corrected chi connectivity index (χ4v) is 3.14. The van der Waals surface area contributed by atoms with Crippen LogP contribution in [0.1, 0.15) is 28.9 Å². The average Bonchev–Trinajstić information content (AvgIpc) is 2.67. The molecule has 1 fully saturated rings. The molecule has 2 atom stereocenters. The van der Waals surface area contributed by atoms with Gasteiger partial charge in [0, 0.05) is 30.3 Å². The number of nitro benzene ring substituents is 1. The van der Waals surface area contributed by atoms with E-state index < -0.39 is 28.2 Å². The summed E-state index contributed by atoms with van der Waals surface area (Å²) >= 11 is 6.08. The lowest BCUT2D eigenvalue weighted by Gasteiger charge is -2.43. The zero-order chi connectivity index (χ0) is 20.4. The van der Waals surface area contributed by atoms with E-state index in [1.165, 1.54) is 43.3 Å². The minimum atomic E-state index is -0.885. The number of carbonyl (C=O) groups excluding carboxylic acids is 3. The highest BCUT2D eigenvalue weighted by Gasteiger charge is 2.48. The van der Waals surface area contributed by atoms with Crippen molar-refractivity contribution in [3.63, 3.8) is 0 Å². The largest absolute Gasteiger partial charge is 0.326 e. The zero-order valence-corrected chi connectivity index (χ0v) is 15.3. The predicted molar refractivity (Wildman–Crippen MR) is 101 cm³/mol. The normalized spacial score (nSPS) is 18.2. The van der Waals surface area contributed by atoms with Gasteiger partial charge in [-0.1, -0.05) is 0 Å². The lowest BCUT2D eigenvalue weighted by molar-refractivity contribution is -0.384. The Hall–Kier alpha value is -3.46. The summed E-state index contributed by atoms with van der Waals surface area (Å²) in [7, 11) is 0. The second-order valence-electron chi connectivity index (χ2n) is 6.10. The summed E-state index contributed by atoms with van der Waals surface area (Å²) in [4.78, 5) is 45.8. The minimum Gasteiger partial charge on any atom is -0.326 e. The molecule has 0 aliphatic carbocycles. The van der Waals surface area contributed by atoms with Crippen molar-refractivity contribution in [2.45, 2.75) is 18.3 Å². The Kier molecular flexibility index (Phi) is 5.27. The van der Waals surface area contributed by atoms with Crippen LogP contribution in [0.15, 0.2) is 48.5 Å². The highest BCUT2D eigenvalue weighted by atomic mass is 35.5. The van der Waals surface area contributed by atoms with Crippen LogP contribution in [0.4, 0.5) is 11.4 Å². The van der Waals surface area contributed by atoms with E-state index in [0.717, 1.165) is 5.01 Å². The summed E-state index contributed by atoms with van der Waals surface area (Å²) < 4.78 is 0. The van der Waals surface area contributed by atoms with E-state index in [0.29, 0.717) is 11.3 Å². The number of halogens is 1. The molecular weight excluding hydrogens is 388 g/mol. The number of carbonyl (C=O) groups is 3. The van der Waals surface area contributed by atoms with Crippen LogP contribution in [0.25, 0.3) is 0 Å². The second kappa shape index (κ2) is 7.65. The maximum absolute atomic E-state index is 12.4. The van der Waals surface area contributed by atoms with Crippen molar-refractivity contribution < 1.29 is 19.3 Å². The lowest BCUT2D eigenvalue weighted by Crippen LogP contribution is -2.63. The number of benzene rings is 2. The highest BCUT2D eigenvalue weighted by molar-refractivity contribution is 6.33. The van der Waals surface area contributed by atoms with Crippen molar-refractivity contribution in [2.75, 3.05) is 5.32 Å². The van der Waals surface area contributed by atoms with E-state index in [1.54, 1.807) is 12.1 Å². The van der Waals surface area contributed by atoms with Gasteiger partial charge < -0.3 is 5.32 Å². The molecule has 1 saturated heterocycles. The molecule has 0 bridgehead atoms. The Morgan fingerprint density at radius 2 is 1.71 bits per heavy atom. The van der Waals surface area contributed by atoms with Gasteiger partial charge in [0.1, 0.15) is 11.4 Å². The molecule has 28 heavy (non-hydrogen) atoms. The van der Waals surface area contributed by atoms with Crippen LogP contribution in [0.3, 0.4) is 0 Å². The third-order valence-electron chi connectivity index (χ3n) is 4.16. The number of nitrogens with one attached hydrogen (secondary N) is 2. The van der Waals surface area contributed by atoms with Crippen LogP contribution in [0, 0.1) is 10.1 Å². The molecule has 0 radical (unpaired) electrons. The van der Waals surface area contributed by atoms with Crippen LogP contribution < -0.4 is 10.7 Å². The quantitative estimate of drug-likeness (QED) is 0.344. The van der Waals surface area contributed by atoms with E-state index >= 15 is 0 Å². The number of hydrogen-bond donors (Lipinski definition) is 2. The summed E-state index contributed by atoms with van der Waals surface area (Å²) in [5, 5.41) is 13.6. The van der Waals surface area contributed by atoms with Crippen molar-refractivity contribution in [2.24, 2.45) is 0 Å². The molecule has 3 amide bonds. The number of anilines is 1. The number of β-lactam (4-membered cyclic amide) rings is 1. The molecule has 0 aromatic heterocycles. The molecule has 1 heterocycles. The molecule has 2 aromatic rings. The van der Waals surface area contributed by atoms with Gasteiger partial charge in [0.2, 0.25) is 5.91 Å². The van der Waals surface area contributed by atoms with Crippen LogP contribution in [-0.2, 0) is 9.59 Å². The summed E-state index contributed by atoms with van der Waals surface area (Å²) in [5.74, 6) is -1.24. The number of rotatable bonds is 5. The maximum Gasteiger partial charge on any atom is 0.269 e. The summed E-state index contributed by atoms with van der Waals surface area (Å²) in [5.41, 5.74) is 3.79. The lowest BCUT2D eigenvalue weighted by atomic mass is 9.95. The highest BCUT2D eigenvalue weighted by Crippen LogP contribution is 2.37. The van der Waals surface area contributed by atoms with Crippen LogP contribution >= 0.6 is 11.6 Å². The van der Waals surface area contributed by atoms with Crippen LogP contribution in [-0.4, -0.2) is 33.0 Å². The molecule has 0 unspecified atom stereocenters. The molecular formula is C18H15ClN4O5. The van der Waals surface area contributed by atoms with Crippen molar-refractivity contribution in [1.29, 1.82) is 0 Å². The number of non-ortho nitro benzene ring substituents is 1. The monoisotopic (exact) mass is 402 g/mol. The third-order valence-corrected chi connectivity index (χ3v) is 4.59. The Morgan fingerprint density at radius 1 is 1.11 bits per heavy atom. The number of hydrogen-bond acceptors (Lipinski definition) is 5. The molecule has 144 valence electrons. The SMILES string of the molecule is CC(=O)Nc1ccc(C(=O)NN2C(=O)[C@@H](Cl)[C@H]2c2ccc([N+](=O)[O-])cc2)cc1. The Balaban J connectivity index is 1.72. The first kappa shape index (κ1) is 19.3. The molecule has 9 nitrogen and oxygen atoms in total. The van der Waals surface area contributed by atoms with Crippen molar-refractivity contribution in [3.8, 4) is 0 Å². The van der Waals surface area contributed by atoms with Gasteiger partial charge >= 0.3 is 0 Å². The van der Waals surface area contributed by atoms with Gasteiger partial charge in [-0.3, -0.25) is 29.9 Å². The predicted octanol–water partition coefficient (Wildman–Crippen LogP) is 2.39. The van der Waals surface area contributed by atoms with Crippen LogP contribution in [0.5, 0.6) is 0 Å². The van der Waals surface area contributed by atoms with Gasteiger partial charge in [0.15, 0.2) is 0 Å². The summed E-state index contributed by atoms with van der Waals surface area (Å²) in [6.07, 6.45) is 0. The van der Waals surface area contributed by atoms with E-state index in [1.807, 2.05) is 0 Å². The van der Waals surface area contributed by atoms with E-state index in [4.69, 9.17) is 11.6 Å². The Morgan fingerprint density at radius 3 is 2.25 bits per heavy atom. The number of nitrogens with zero attached hydrogens (tertiary/aromatic N) is 2. The van der Waals surface area contributed by atoms with Crippen molar-refractivity contribution >= 4 is 40.7 Å². The third kappa shape index (κ3) is 3.79. The topological polar surface area (TPSA) is 122 Å². The van der Waals surface area contributed by atoms with Crippen molar-refractivity contribution in [1.82, 2.24) is 10.4 Å². The van der Waals surface area contributed by atoms with E-state index in [9.17, 15) is 24.5 Å². The van der Waals surface area contributed by atoms with E-state index in [2.05, 4.69) is 10.7 Å². The molecule has 2 aromatic carbocycles. The first-order chi connectivity index (χ1) is 13.3. The second-order valence-corrected chi connectivity index (χ2v) is 6.57. The van der Waals surface area contributed by atoms with Crippen LogP contribution in [0.2, 0.25) is 0 Å². The standard InChI is InChI=1S/C18H15ClN4O5/c1-10(24)20-13-6-2-12(3-7-13)17(25)21-22-16(15(19)18(22)26)11-4-8-14(9-5-11)23(27)28/h2-9,15-16H,1H3,(H,20,24)(H,21,25)/t15-,16+/m0/s1. The molecule has 0 saturated carbocycles. The summed E-state index contributed by atoms with van der Waals surface area (Å²) in [6, 6.07) is 11.1. The fraction of sp³-hybridized carbons (Fsp3) is 0.167. The first-order valence-corrected chi connectivity index (χ1v) is 8.61. The molecule has 10 heteroatoms. The molecule has 1 aliphatic heterocycles. The first-order valence-electron chi connectivity index (χ1n) is 8.18.